The zero-order valence-electron chi connectivity index (χ0n) is 34.9. The van der Waals surface area contributed by atoms with Gasteiger partial charge in [-0.3, -0.25) is 0 Å². The average Bonchev–Trinajstić information content (AvgIpc) is 3.70. The van der Waals surface area contributed by atoms with Crippen LogP contribution in [-0.2, 0) is 0 Å². The van der Waals surface area contributed by atoms with E-state index in [9.17, 15) is 0 Å². The Bertz CT molecular complexity index is 3630. The van der Waals surface area contributed by atoms with Gasteiger partial charge >= 0.3 is 0 Å². The Morgan fingerprint density at radius 1 is 0.312 bits per heavy atom. The van der Waals surface area contributed by atoms with Crippen molar-refractivity contribution in [1.82, 2.24) is 14.5 Å². The van der Waals surface area contributed by atoms with E-state index >= 15 is 0 Å². The third-order valence-corrected chi connectivity index (χ3v) is 12.4. The van der Waals surface area contributed by atoms with Gasteiger partial charge in [-0.2, -0.15) is 0 Å². The molecule has 2 aromatic heterocycles. The Labute approximate surface area is 371 Å². The molecule has 0 unspecified atom stereocenters. The fourth-order valence-electron chi connectivity index (χ4n) is 9.30. The van der Waals surface area contributed by atoms with Crippen LogP contribution in [0, 0.1) is 0 Å². The first kappa shape index (κ1) is 37.2. The summed E-state index contributed by atoms with van der Waals surface area (Å²) in [4.78, 5) is 12.6. The van der Waals surface area contributed by atoms with E-state index in [0.29, 0.717) is 0 Å². The lowest BCUT2D eigenvalue weighted by Crippen LogP contribution is -2.09. The fourth-order valence-corrected chi connectivity index (χ4v) is 9.30. The zero-order chi connectivity index (χ0) is 42.4. The standard InChI is InChI=1S/C60H40N4/c1-4-16-43(17-5-1)59-60(62-56-26-13-12-25-55(56)61-59)44-29-35-50(36-30-44)63(47-19-6-2-7-20-47)49-33-27-41(28-34-49)45-31-37-57-53(39-45)54-40-46(52-24-14-18-42-15-10-11-23-51(42)52)32-38-58(54)64(57)48-21-8-3-9-22-48/h1-40H. The zero-order valence-corrected chi connectivity index (χ0v) is 34.9. The van der Waals surface area contributed by atoms with Gasteiger partial charge in [0.15, 0.2) is 0 Å². The second-order valence-electron chi connectivity index (χ2n) is 16.2. The molecule has 4 nitrogen and oxygen atoms in total. The highest BCUT2D eigenvalue weighted by atomic mass is 15.1. The Morgan fingerprint density at radius 2 is 0.781 bits per heavy atom. The lowest BCUT2D eigenvalue weighted by atomic mass is 9.96. The van der Waals surface area contributed by atoms with Crippen LogP contribution in [0.15, 0.2) is 243 Å². The van der Waals surface area contributed by atoms with E-state index < -0.39 is 0 Å². The Kier molecular flexibility index (Phi) is 9.12. The van der Waals surface area contributed by atoms with Crippen LogP contribution in [0.1, 0.15) is 0 Å². The lowest BCUT2D eigenvalue weighted by Gasteiger charge is -2.26. The molecule has 300 valence electrons. The van der Waals surface area contributed by atoms with Crippen LogP contribution in [0.3, 0.4) is 0 Å². The summed E-state index contributed by atoms with van der Waals surface area (Å²) >= 11 is 0. The highest BCUT2D eigenvalue weighted by Gasteiger charge is 2.18. The van der Waals surface area contributed by atoms with Crippen LogP contribution in [0.4, 0.5) is 17.1 Å². The number of rotatable bonds is 8. The Balaban J connectivity index is 0.935. The summed E-state index contributed by atoms with van der Waals surface area (Å²) in [5.74, 6) is 0. The molecule has 12 aromatic rings. The van der Waals surface area contributed by atoms with Crippen molar-refractivity contribution in [2.75, 3.05) is 4.90 Å². The van der Waals surface area contributed by atoms with Gasteiger partial charge in [-0.05, 0) is 118 Å². The SMILES string of the molecule is c1ccc(-c2nc3ccccc3nc2-c2ccc(N(c3ccccc3)c3ccc(-c4ccc5c(c4)c4cc(-c6cccc7ccccc67)ccc4n5-c4ccccc4)cc3)cc2)cc1. The van der Waals surface area contributed by atoms with Crippen LogP contribution in [0.25, 0.3) is 94.1 Å². The molecule has 0 bridgehead atoms. The van der Waals surface area contributed by atoms with Crippen LogP contribution in [-0.4, -0.2) is 14.5 Å². The number of hydrogen-bond donors (Lipinski definition) is 0. The maximum atomic E-state index is 5.15. The number of nitrogens with zero attached hydrogens (tertiary/aromatic N) is 4. The second kappa shape index (κ2) is 15.7. The van der Waals surface area contributed by atoms with Crippen molar-refractivity contribution in [3.05, 3.63) is 243 Å². The first-order valence-corrected chi connectivity index (χ1v) is 21.7. The van der Waals surface area contributed by atoms with Crippen LogP contribution in [0.2, 0.25) is 0 Å². The summed E-state index contributed by atoms with van der Waals surface area (Å²) in [6.07, 6.45) is 0. The van der Waals surface area contributed by atoms with Crippen LogP contribution < -0.4 is 4.90 Å². The topological polar surface area (TPSA) is 34.0 Å². The minimum absolute atomic E-state index is 0.862. The van der Waals surface area contributed by atoms with Crippen molar-refractivity contribution < 1.29 is 0 Å². The number of para-hydroxylation sites is 4. The molecule has 0 amide bonds. The molecular formula is C60H40N4. The molecule has 0 aliphatic carbocycles. The second-order valence-corrected chi connectivity index (χ2v) is 16.2. The largest absolute Gasteiger partial charge is 0.311 e. The molecule has 10 aromatic carbocycles. The minimum Gasteiger partial charge on any atom is -0.311 e. The molecule has 0 radical (unpaired) electrons. The molecule has 0 atom stereocenters. The molecule has 0 aliphatic heterocycles. The fraction of sp³-hybridized carbons (Fsp3) is 0. The number of benzene rings is 10. The van der Waals surface area contributed by atoms with E-state index in [4.69, 9.17) is 9.97 Å². The molecule has 0 N–H and O–H groups in total. The Hall–Kier alpha value is -8.60. The lowest BCUT2D eigenvalue weighted by molar-refractivity contribution is 1.18. The van der Waals surface area contributed by atoms with E-state index in [2.05, 4.69) is 210 Å². The van der Waals surface area contributed by atoms with E-state index in [1.807, 2.05) is 42.5 Å². The van der Waals surface area contributed by atoms with Gasteiger partial charge in [0.2, 0.25) is 0 Å². The highest BCUT2D eigenvalue weighted by molar-refractivity contribution is 6.12. The molecule has 0 fully saturated rings. The summed E-state index contributed by atoms with van der Waals surface area (Å²) in [6, 6.07) is 86.4. The molecule has 4 heteroatoms. The molecule has 0 saturated carbocycles. The van der Waals surface area contributed by atoms with Gasteiger partial charge in [0, 0.05) is 44.6 Å². The van der Waals surface area contributed by atoms with Crippen molar-refractivity contribution >= 4 is 60.7 Å². The third-order valence-electron chi connectivity index (χ3n) is 12.4. The van der Waals surface area contributed by atoms with Gasteiger partial charge < -0.3 is 9.47 Å². The predicted octanol–water partition coefficient (Wildman–Crippen LogP) is 16.0. The molecular weight excluding hydrogens is 777 g/mol. The number of fused-ring (bicyclic) bond motifs is 5. The molecule has 2 heterocycles. The average molecular weight is 817 g/mol. The summed E-state index contributed by atoms with van der Waals surface area (Å²) < 4.78 is 2.39. The summed E-state index contributed by atoms with van der Waals surface area (Å²) in [7, 11) is 0. The third kappa shape index (κ3) is 6.57. The molecule has 0 saturated heterocycles. The quantitative estimate of drug-likeness (QED) is 0.153. The van der Waals surface area contributed by atoms with Crippen LogP contribution in [0.5, 0.6) is 0 Å². The van der Waals surface area contributed by atoms with Crippen molar-refractivity contribution in [3.8, 4) is 50.5 Å². The monoisotopic (exact) mass is 816 g/mol. The molecule has 12 rings (SSSR count). The Morgan fingerprint density at radius 3 is 1.44 bits per heavy atom. The summed E-state index contributed by atoms with van der Waals surface area (Å²) in [5.41, 5.74) is 17.0. The van der Waals surface area contributed by atoms with Gasteiger partial charge in [0.25, 0.3) is 0 Å². The van der Waals surface area contributed by atoms with Gasteiger partial charge in [-0.25, -0.2) is 9.97 Å². The van der Waals surface area contributed by atoms with E-state index in [-0.39, 0.29) is 0 Å². The summed E-state index contributed by atoms with van der Waals surface area (Å²) in [6.45, 7) is 0. The molecule has 0 aliphatic rings. The maximum Gasteiger partial charge on any atom is 0.0973 e. The van der Waals surface area contributed by atoms with Gasteiger partial charge in [0.1, 0.15) is 0 Å². The van der Waals surface area contributed by atoms with Crippen LogP contribution >= 0.6 is 0 Å². The van der Waals surface area contributed by atoms with Gasteiger partial charge in [0.05, 0.1) is 33.5 Å². The number of anilines is 3. The molecule has 0 spiro atoms. The van der Waals surface area contributed by atoms with E-state index in [0.717, 1.165) is 61.9 Å². The summed E-state index contributed by atoms with van der Waals surface area (Å²) in [5, 5.41) is 4.95. The smallest absolute Gasteiger partial charge is 0.0973 e. The normalized spacial score (nSPS) is 11.4. The first-order chi connectivity index (χ1) is 31.7. The van der Waals surface area contributed by atoms with Crippen molar-refractivity contribution in [2.45, 2.75) is 0 Å². The van der Waals surface area contributed by atoms with Gasteiger partial charge in [-0.15, -0.1) is 0 Å². The first-order valence-electron chi connectivity index (χ1n) is 21.7. The molecule has 64 heavy (non-hydrogen) atoms. The van der Waals surface area contributed by atoms with E-state index in [1.54, 1.807) is 0 Å². The van der Waals surface area contributed by atoms with Crippen molar-refractivity contribution in [3.63, 3.8) is 0 Å². The maximum absolute atomic E-state index is 5.15. The number of hydrogen-bond acceptors (Lipinski definition) is 3. The predicted molar refractivity (Wildman–Crippen MR) is 268 cm³/mol. The van der Waals surface area contributed by atoms with Gasteiger partial charge in [-0.1, -0.05) is 158 Å². The van der Waals surface area contributed by atoms with Crippen molar-refractivity contribution in [1.29, 1.82) is 0 Å². The van der Waals surface area contributed by atoms with E-state index in [1.165, 1.54) is 49.3 Å². The van der Waals surface area contributed by atoms with Crippen molar-refractivity contribution in [2.24, 2.45) is 0 Å². The highest BCUT2D eigenvalue weighted by Crippen LogP contribution is 2.41. The number of aromatic nitrogens is 3. The minimum atomic E-state index is 0.862.